The molecule has 0 N–H and O–H groups in total. The minimum absolute atomic E-state index is 0. The van der Waals surface area contributed by atoms with Crippen LogP contribution in [0.2, 0.25) is 5.02 Å². The van der Waals surface area contributed by atoms with Crippen LogP contribution in [0, 0.1) is 11.9 Å². The standard InChI is InChI=1S/C12H10ClFNO.Y/c1-15-10(6-3-7-11(15)16)12-8(13)4-2-5-9(12)14;/h2,4-5H,3,7H2,1H3;/q-1;. The molecule has 87 valence electrons. The summed E-state index contributed by atoms with van der Waals surface area (Å²) >= 11 is 5.94. The van der Waals surface area contributed by atoms with Gasteiger partial charge in [-0.25, -0.2) is 10.5 Å². The van der Waals surface area contributed by atoms with Crippen molar-refractivity contribution in [1.29, 1.82) is 0 Å². The van der Waals surface area contributed by atoms with Crippen LogP contribution < -0.4 is 0 Å². The molecule has 0 aliphatic carbocycles. The summed E-state index contributed by atoms with van der Waals surface area (Å²) in [5.41, 5.74) is 0.680. The van der Waals surface area contributed by atoms with E-state index in [1.807, 2.05) is 0 Å². The third kappa shape index (κ3) is 2.96. The van der Waals surface area contributed by atoms with Crippen molar-refractivity contribution in [2.75, 3.05) is 7.05 Å². The smallest absolute Gasteiger partial charge is 0.222 e. The van der Waals surface area contributed by atoms with Crippen molar-refractivity contribution in [3.05, 3.63) is 40.7 Å². The molecule has 0 aromatic heterocycles. The number of halogens is 2. The summed E-state index contributed by atoms with van der Waals surface area (Å²) in [5, 5.41) is 0.295. The summed E-state index contributed by atoms with van der Waals surface area (Å²) < 4.78 is 13.7. The molecule has 0 spiro atoms. The van der Waals surface area contributed by atoms with E-state index >= 15 is 0 Å². The molecule has 2 rings (SSSR count). The SMILES string of the molecule is CN1C(=O)CC[C-]=C1c1c(F)cccc1Cl.[Y]. The average Bonchev–Trinajstić information content (AvgIpc) is 2.24. The van der Waals surface area contributed by atoms with Gasteiger partial charge in [0.1, 0.15) is 0 Å². The minimum atomic E-state index is -0.434. The second-order valence-corrected chi connectivity index (χ2v) is 3.98. The third-order valence-corrected chi connectivity index (χ3v) is 2.86. The van der Waals surface area contributed by atoms with E-state index in [0.717, 1.165) is 0 Å². The van der Waals surface area contributed by atoms with Gasteiger partial charge in [-0.05, 0) is 11.1 Å². The van der Waals surface area contributed by atoms with E-state index in [4.69, 9.17) is 11.6 Å². The number of hydrogen-bond acceptors (Lipinski definition) is 1. The number of rotatable bonds is 1. The summed E-state index contributed by atoms with van der Waals surface area (Å²) in [6.45, 7) is 0. The first kappa shape index (κ1) is 14.8. The van der Waals surface area contributed by atoms with E-state index < -0.39 is 5.82 Å². The molecule has 1 amide bonds. The normalized spacial score (nSPS) is 15.4. The zero-order valence-corrected chi connectivity index (χ0v) is 12.9. The van der Waals surface area contributed by atoms with Gasteiger partial charge < -0.3 is 4.90 Å². The first-order valence-electron chi connectivity index (χ1n) is 4.93. The van der Waals surface area contributed by atoms with Crippen LogP contribution >= 0.6 is 11.6 Å². The van der Waals surface area contributed by atoms with Crippen molar-refractivity contribution < 1.29 is 41.9 Å². The van der Waals surface area contributed by atoms with E-state index in [0.29, 0.717) is 23.6 Å². The molecule has 1 aromatic carbocycles. The molecule has 0 atom stereocenters. The summed E-state index contributed by atoms with van der Waals surface area (Å²) in [4.78, 5) is 12.9. The van der Waals surface area contributed by atoms with Gasteiger partial charge in [0.2, 0.25) is 5.91 Å². The first-order valence-corrected chi connectivity index (χ1v) is 5.31. The van der Waals surface area contributed by atoms with Crippen LogP contribution in [0.3, 0.4) is 0 Å². The number of benzene rings is 1. The number of carbonyl (C=O) groups excluding carboxylic acids is 1. The van der Waals surface area contributed by atoms with Crippen molar-refractivity contribution in [1.82, 2.24) is 4.90 Å². The summed E-state index contributed by atoms with van der Waals surface area (Å²) in [7, 11) is 1.60. The topological polar surface area (TPSA) is 20.3 Å². The molecule has 0 unspecified atom stereocenters. The van der Waals surface area contributed by atoms with Gasteiger partial charge in [-0.15, -0.1) is 23.7 Å². The molecule has 5 heteroatoms. The van der Waals surface area contributed by atoms with E-state index in [1.54, 1.807) is 13.1 Å². The van der Waals surface area contributed by atoms with Crippen molar-refractivity contribution in [2.45, 2.75) is 12.8 Å². The van der Waals surface area contributed by atoms with E-state index in [9.17, 15) is 9.18 Å². The van der Waals surface area contributed by atoms with Gasteiger partial charge in [-0.2, -0.15) is 0 Å². The fourth-order valence-electron chi connectivity index (χ4n) is 1.68. The van der Waals surface area contributed by atoms with E-state index in [1.165, 1.54) is 17.0 Å². The van der Waals surface area contributed by atoms with Crippen molar-refractivity contribution in [3.63, 3.8) is 0 Å². The second kappa shape index (κ2) is 6.08. The van der Waals surface area contributed by atoms with E-state index in [2.05, 4.69) is 6.08 Å². The Labute approximate surface area is 130 Å². The molecule has 1 aliphatic rings. The second-order valence-electron chi connectivity index (χ2n) is 3.57. The van der Waals surface area contributed by atoms with Crippen LogP contribution in [0.1, 0.15) is 18.4 Å². The van der Waals surface area contributed by atoms with Crippen LogP contribution in [-0.2, 0) is 37.5 Å². The molecule has 1 aromatic rings. The Kier molecular flexibility index (Phi) is 5.30. The molecule has 0 saturated heterocycles. The largest absolute Gasteiger partial charge is 0.350 e. The molecule has 1 aliphatic heterocycles. The van der Waals surface area contributed by atoms with Gasteiger partial charge >= 0.3 is 0 Å². The van der Waals surface area contributed by atoms with Gasteiger partial charge in [0.05, 0.1) is 5.82 Å². The summed E-state index contributed by atoms with van der Waals surface area (Å²) in [5.74, 6) is -0.482. The summed E-state index contributed by atoms with van der Waals surface area (Å²) in [6.07, 6.45) is 3.91. The fraction of sp³-hybridized carbons (Fsp3) is 0.250. The molecule has 17 heavy (non-hydrogen) atoms. The molecule has 2 nitrogen and oxygen atoms in total. The van der Waals surface area contributed by atoms with Gasteiger partial charge in [0, 0.05) is 46.2 Å². The average molecular weight is 328 g/mol. The third-order valence-electron chi connectivity index (χ3n) is 2.54. The zero-order chi connectivity index (χ0) is 11.7. The zero-order valence-electron chi connectivity index (χ0n) is 9.34. The Morgan fingerprint density at radius 2 is 2.18 bits per heavy atom. The molecule has 1 radical (unpaired) electrons. The number of carbonyl (C=O) groups is 1. The molecule has 1 heterocycles. The van der Waals surface area contributed by atoms with Crippen molar-refractivity contribution in [2.24, 2.45) is 0 Å². The first-order chi connectivity index (χ1) is 7.61. The molecule has 0 bridgehead atoms. The van der Waals surface area contributed by atoms with Gasteiger partial charge in [0.15, 0.2) is 0 Å². The predicted octanol–water partition coefficient (Wildman–Crippen LogP) is 2.87. The Balaban J connectivity index is 0.00000144. The maximum atomic E-state index is 13.7. The number of allylic oxidation sites excluding steroid dienone is 1. The van der Waals surface area contributed by atoms with Crippen LogP contribution in [-0.4, -0.2) is 17.9 Å². The molecular weight excluding hydrogens is 317 g/mol. The van der Waals surface area contributed by atoms with E-state index in [-0.39, 0.29) is 44.2 Å². The van der Waals surface area contributed by atoms with Gasteiger partial charge in [0.25, 0.3) is 0 Å². The fourth-order valence-corrected chi connectivity index (χ4v) is 1.93. The quantitative estimate of drug-likeness (QED) is 0.726. The Morgan fingerprint density at radius 3 is 2.82 bits per heavy atom. The Hall–Kier alpha value is -0.246. The number of hydrogen-bond donors (Lipinski definition) is 0. The molecule has 0 saturated carbocycles. The number of nitrogens with zero attached hydrogens (tertiary/aromatic N) is 1. The molecular formula is C12H10ClFNOY-. The monoisotopic (exact) mass is 327 g/mol. The number of amides is 1. The van der Waals surface area contributed by atoms with Gasteiger partial charge in [-0.3, -0.25) is 4.79 Å². The molecule has 0 fully saturated rings. The maximum Gasteiger partial charge on any atom is 0.222 e. The summed E-state index contributed by atoms with van der Waals surface area (Å²) in [6, 6.07) is 4.46. The maximum absolute atomic E-state index is 13.7. The Bertz CT molecular complexity index is 455. The van der Waals surface area contributed by atoms with Crippen LogP contribution in [0.15, 0.2) is 18.2 Å². The van der Waals surface area contributed by atoms with Crippen LogP contribution in [0.5, 0.6) is 0 Å². The van der Waals surface area contributed by atoms with Gasteiger partial charge in [-0.1, -0.05) is 17.7 Å². The van der Waals surface area contributed by atoms with Crippen LogP contribution in [0.4, 0.5) is 4.39 Å². The minimum Gasteiger partial charge on any atom is -0.350 e. The van der Waals surface area contributed by atoms with Crippen LogP contribution in [0.25, 0.3) is 5.70 Å². The van der Waals surface area contributed by atoms with Crippen molar-refractivity contribution in [3.8, 4) is 0 Å². The van der Waals surface area contributed by atoms with Crippen molar-refractivity contribution >= 4 is 23.2 Å². The Morgan fingerprint density at radius 1 is 1.47 bits per heavy atom. The predicted molar refractivity (Wildman–Crippen MR) is 60.1 cm³/mol.